The molecule has 0 radical (unpaired) electrons. The van der Waals surface area contributed by atoms with Crippen molar-refractivity contribution in [3.05, 3.63) is 12.2 Å². The Kier molecular flexibility index (Phi) is 5.81. The second-order valence-electron chi connectivity index (χ2n) is 5.00. The third kappa shape index (κ3) is 2.65. The topological polar surface area (TPSA) is 212 Å². The molecule has 0 aromatic rings. The second kappa shape index (κ2) is 6.54. The number of aliphatic carboxylic acids is 4. The van der Waals surface area contributed by atoms with E-state index in [4.69, 9.17) is 20.4 Å². The SMILES string of the molecule is O.O.O=C(O)[C@@H]1C2C=CC([C@@H](C(=O)O)[C@H]2C(=O)O)[C@@H]1C(=O)O. The van der Waals surface area contributed by atoms with E-state index >= 15 is 0 Å². The Morgan fingerprint density at radius 1 is 0.545 bits per heavy atom. The van der Waals surface area contributed by atoms with Gasteiger partial charge in [0.1, 0.15) is 0 Å². The van der Waals surface area contributed by atoms with Crippen molar-refractivity contribution in [1.29, 1.82) is 0 Å². The van der Waals surface area contributed by atoms with Crippen LogP contribution in [0.1, 0.15) is 0 Å². The van der Waals surface area contributed by atoms with Gasteiger partial charge in [0, 0.05) is 11.8 Å². The first-order chi connectivity index (χ1) is 9.27. The molecule has 1 saturated carbocycles. The van der Waals surface area contributed by atoms with Crippen LogP contribution in [0.5, 0.6) is 0 Å². The van der Waals surface area contributed by atoms with Gasteiger partial charge in [-0.15, -0.1) is 0 Å². The van der Waals surface area contributed by atoms with Gasteiger partial charge in [0.25, 0.3) is 0 Å². The van der Waals surface area contributed by atoms with E-state index in [1.165, 1.54) is 12.2 Å². The standard InChI is InChI=1S/C12H12O8.2H2O/c13-9(14)5-3-1-2-4(7(5)11(17)18)8(12(19)20)6(3)10(15)16;;/h1-8H,(H,13,14)(H,15,16)(H,17,18)(H,19,20);2*1H2/t3?,4?,5-,6+,7+,8-;;. The Hall–Kier alpha value is -2.46. The molecule has 1 fully saturated rings. The van der Waals surface area contributed by atoms with Crippen LogP contribution < -0.4 is 0 Å². The Bertz CT molecular complexity index is 438. The molecule has 3 aliphatic carbocycles. The molecule has 2 unspecified atom stereocenters. The molecule has 124 valence electrons. The third-order valence-corrected chi connectivity index (χ3v) is 4.13. The smallest absolute Gasteiger partial charge is 0.308 e. The molecular weight excluding hydrogens is 304 g/mol. The summed E-state index contributed by atoms with van der Waals surface area (Å²) in [6.45, 7) is 0. The number of allylic oxidation sites excluding steroid dienone is 2. The van der Waals surface area contributed by atoms with Crippen LogP contribution in [0.25, 0.3) is 0 Å². The van der Waals surface area contributed by atoms with Gasteiger partial charge in [-0.3, -0.25) is 19.2 Å². The molecule has 10 heteroatoms. The summed E-state index contributed by atoms with van der Waals surface area (Å²) in [5.74, 6) is -13.7. The monoisotopic (exact) mass is 320 g/mol. The molecule has 0 aromatic heterocycles. The minimum atomic E-state index is -1.43. The Morgan fingerprint density at radius 3 is 0.864 bits per heavy atom. The highest BCUT2D eigenvalue weighted by Gasteiger charge is 2.61. The van der Waals surface area contributed by atoms with E-state index in [0.29, 0.717) is 0 Å². The number of hydrogen-bond donors (Lipinski definition) is 4. The second-order valence-corrected chi connectivity index (χ2v) is 5.00. The van der Waals surface area contributed by atoms with E-state index < -0.39 is 59.4 Å². The number of hydrogen-bond acceptors (Lipinski definition) is 4. The molecule has 3 aliphatic rings. The summed E-state index contributed by atoms with van der Waals surface area (Å²) in [7, 11) is 0. The van der Waals surface area contributed by atoms with E-state index in [-0.39, 0.29) is 11.0 Å². The summed E-state index contributed by atoms with van der Waals surface area (Å²) >= 11 is 0. The number of carboxylic acid groups (broad SMARTS) is 4. The van der Waals surface area contributed by atoms with Crippen molar-refractivity contribution >= 4 is 23.9 Å². The normalized spacial score (nSPS) is 34.9. The van der Waals surface area contributed by atoms with Crippen LogP contribution in [0.15, 0.2) is 12.2 Å². The first kappa shape index (κ1) is 19.5. The Balaban J connectivity index is 0.00000220. The average molecular weight is 320 g/mol. The fraction of sp³-hybridized carbons (Fsp3) is 0.500. The van der Waals surface area contributed by atoms with Crippen molar-refractivity contribution in [2.24, 2.45) is 35.5 Å². The van der Waals surface area contributed by atoms with Crippen LogP contribution in [0.3, 0.4) is 0 Å². The summed E-state index contributed by atoms with van der Waals surface area (Å²) < 4.78 is 0. The minimum Gasteiger partial charge on any atom is -0.481 e. The van der Waals surface area contributed by atoms with Crippen molar-refractivity contribution in [2.75, 3.05) is 0 Å². The molecule has 0 aromatic carbocycles. The van der Waals surface area contributed by atoms with Gasteiger partial charge in [-0.25, -0.2) is 0 Å². The fourth-order valence-electron chi connectivity index (χ4n) is 3.41. The number of carbonyl (C=O) groups is 4. The molecule has 0 saturated heterocycles. The van der Waals surface area contributed by atoms with Gasteiger partial charge in [-0.1, -0.05) is 12.2 Å². The van der Waals surface area contributed by atoms with Gasteiger partial charge in [0.15, 0.2) is 0 Å². The zero-order chi connectivity index (χ0) is 15.2. The van der Waals surface area contributed by atoms with Crippen molar-refractivity contribution in [2.45, 2.75) is 0 Å². The van der Waals surface area contributed by atoms with E-state index in [0.717, 1.165) is 0 Å². The number of rotatable bonds is 4. The molecule has 6 atom stereocenters. The van der Waals surface area contributed by atoms with E-state index in [2.05, 4.69) is 0 Å². The summed E-state index contributed by atoms with van der Waals surface area (Å²) in [6, 6.07) is 0. The highest BCUT2D eigenvalue weighted by Crippen LogP contribution is 2.51. The van der Waals surface area contributed by atoms with Crippen molar-refractivity contribution in [1.82, 2.24) is 0 Å². The largest absolute Gasteiger partial charge is 0.481 e. The van der Waals surface area contributed by atoms with Crippen LogP contribution in [0.4, 0.5) is 0 Å². The molecule has 0 amide bonds. The Morgan fingerprint density at radius 2 is 0.727 bits per heavy atom. The van der Waals surface area contributed by atoms with E-state index in [1.807, 2.05) is 0 Å². The molecular formula is C12H16O10. The third-order valence-electron chi connectivity index (χ3n) is 4.13. The number of carboxylic acids is 4. The average Bonchev–Trinajstić information content (AvgIpc) is 2.36. The van der Waals surface area contributed by atoms with Crippen LogP contribution in [-0.4, -0.2) is 55.3 Å². The molecule has 0 aliphatic heterocycles. The molecule has 2 bridgehead atoms. The fourth-order valence-corrected chi connectivity index (χ4v) is 3.41. The van der Waals surface area contributed by atoms with Crippen molar-refractivity contribution in [3.8, 4) is 0 Å². The van der Waals surface area contributed by atoms with Crippen molar-refractivity contribution < 1.29 is 50.6 Å². The zero-order valence-electron chi connectivity index (χ0n) is 11.0. The maximum absolute atomic E-state index is 11.3. The van der Waals surface area contributed by atoms with Gasteiger partial charge in [-0.2, -0.15) is 0 Å². The summed E-state index contributed by atoms with van der Waals surface area (Å²) in [5, 5.41) is 36.7. The van der Waals surface area contributed by atoms with Gasteiger partial charge in [0.05, 0.1) is 23.7 Å². The maximum atomic E-state index is 11.3. The lowest BCUT2D eigenvalue weighted by Gasteiger charge is -2.47. The van der Waals surface area contributed by atoms with Crippen LogP contribution in [0, 0.1) is 35.5 Å². The summed E-state index contributed by atoms with van der Waals surface area (Å²) in [5.41, 5.74) is 0. The van der Waals surface area contributed by atoms with Crippen LogP contribution in [-0.2, 0) is 19.2 Å². The molecule has 10 nitrogen and oxygen atoms in total. The zero-order valence-corrected chi connectivity index (χ0v) is 11.0. The quantitative estimate of drug-likeness (QED) is 0.422. The molecule has 0 spiro atoms. The highest BCUT2D eigenvalue weighted by molar-refractivity contribution is 5.88. The van der Waals surface area contributed by atoms with Crippen molar-refractivity contribution in [3.63, 3.8) is 0 Å². The lowest BCUT2D eigenvalue weighted by Crippen LogP contribution is -2.57. The molecule has 0 heterocycles. The van der Waals surface area contributed by atoms with Gasteiger partial charge in [-0.05, 0) is 0 Å². The summed E-state index contributed by atoms with van der Waals surface area (Å²) in [4.78, 5) is 45.1. The Labute approximate surface area is 123 Å². The highest BCUT2D eigenvalue weighted by atomic mass is 16.4. The first-order valence-electron chi connectivity index (χ1n) is 5.87. The molecule has 8 N–H and O–H groups in total. The molecule has 22 heavy (non-hydrogen) atoms. The molecule has 3 rings (SSSR count). The predicted octanol–water partition coefficient (Wildman–Crippen LogP) is -2.04. The first-order valence-corrected chi connectivity index (χ1v) is 5.87. The van der Waals surface area contributed by atoms with Crippen LogP contribution >= 0.6 is 0 Å². The lowest BCUT2D eigenvalue weighted by atomic mass is 9.53. The summed E-state index contributed by atoms with van der Waals surface area (Å²) in [6.07, 6.45) is 2.64. The van der Waals surface area contributed by atoms with E-state index in [9.17, 15) is 19.2 Å². The van der Waals surface area contributed by atoms with Gasteiger partial charge in [0.2, 0.25) is 0 Å². The number of fused-ring (bicyclic) bond motifs is 2. The van der Waals surface area contributed by atoms with Crippen LogP contribution in [0.2, 0.25) is 0 Å². The minimum absolute atomic E-state index is 0. The lowest BCUT2D eigenvalue weighted by molar-refractivity contribution is -0.178. The van der Waals surface area contributed by atoms with Gasteiger partial charge >= 0.3 is 23.9 Å². The predicted molar refractivity (Wildman–Crippen MR) is 67.9 cm³/mol. The maximum Gasteiger partial charge on any atom is 0.308 e. The van der Waals surface area contributed by atoms with Gasteiger partial charge < -0.3 is 31.4 Å². The van der Waals surface area contributed by atoms with E-state index in [1.54, 1.807) is 0 Å².